The summed E-state index contributed by atoms with van der Waals surface area (Å²) >= 11 is 0. The molecular formula is C17H27N. The second-order valence-electron chi connectivity index (χ2n) is 6.33. The number of nitrogens with one attached hydrogen (secondary N) is 1. The molecule has 100 valence electrons. The first kappa shape index (κ1) is 13.6. The predicted octanol–water partition coefficient (Wildman–Crippen LogP) is 4.55. The van der Waals surface area contributed by atoms with Crippen LogP contribution in [0.2, 0.25) is 0 Å². The van der Waals surface area contributed by atoms with E-state index in [2.05, 4.69) is 56.4 Å². The van der Waals surface area contributed by atoms with Crippen LogP contribution < -0.4 is 5.32 Å². The highest BCUT2D eigenvalue weighted by molar-refractivity contribution is 5.21. The number of hydrogen-bond acceptors (Lipinski definition) is 1. The van der Waals surface area contributed by atoms with Gasteiger partial charge in [0, 0.05) is 6.04 Å². The van der Waals surface area contributed by atoms with Crippen LogP contribution in [0.5, 0.6) is 0 Å². The largest absolute Gasteiger partial charge is 0.310 e. The summed E-state index contributed by atoms with van der Waals surface area (Å²) in [5.74, 6) is 0.770. The smallest absolute Gasteiger partial charge is 0.0353 e. The van der Waals surface area contributed by atoms with Crippen molar-refractivity contribution in [1.82, 2.24) is 5.32 Å². The molecule has 1 N–H and O–H groups in total. The van der Waals surface area contributed by atoms with E-state index in [0.29, 0.717) is 11.5 Å². The summed E-state index contributed by atoms with van der Waals surface area (Å²) in [6.07, 6.45) is 5.32. The first-order valence-corrected chi connectivity index (χ1v) is 7.43. The van der Waals surface area contributed by atoms with Gasteiger partial charge in [-0.05, 0) is 42.7 Å². The Balaban J connectivity index is 2.20. The van der Waals surface area contributed by atoms with Gasteiger partial charge >= 0.3 is 0 Å². The first-order chi connectivity index (χ1) is 8.65. The summed E-state index contributed by atoms with van der Waals surface area (Å²) in [5, 5.41) is 3.78. The summed E-state index contributed by atoms with van der Waals surface area (Å²) in [5.41, 5.74) is 1.94. The SMILES string of the molecule is CCCNC(c1ccccc1)C1CCCC1(C)C. The van der Waals surface area contributed by atoms with Crippen molar-refractivity contribution in [2.45, 2.75) is 52.5 Å². The van der Waals surface area contributed by atoms with Crippen LogP contribution in [0.1, 0.15) is 58.1 Å². The molecule has 1 aliphatic rings. The van der Waals surface area contributed by atoms with Crippen LogP contribution in [0.4, 0.5) is 0 Å². The van der Waals surface area contributed by atoms with Crippen LogP contribution >= 0.6 is 0 Å². The lowest BCUT2D eigenvalue weighted by atomic mass is 9.75. The van der Waals surface area contributed by atoms with Crippen molar-refractivity contribution in [3.05, 3.63) is 35.9 Å². The van der Waals surface area contributed by atoms with E-state index in [1.807, 2.05) is 0 Å². The molecule has 18 heavy (non-hydrogen) atoms. The highest BCUT2D eigenvalue weighted by Gasteiger charge is 2.39. The van der Waals surface area contributed by atoms with Crippen molar-refractivity contribution >= 4 is 0 Å². The van der Waals surface area contributed by atoms with Crippen molar-refractivity contribution < 1.29 is 0 Å². The third-order valence-electron chi connectivity index (χ3n) is 4.52. The zero-order chi connectivity index (χ0) is 13.0. The van der Waals surface area contributed by atoms with Gasteiger partial charge in [0.25, 0.3) is 0 Å². The Labute approximate surface area is 112 Å². The summed E-state index contributed by atoms with van der Waals surface area (Å²) in [4.78, 5) is 0. The zero-order valence-corrected chi connectivity index (χ0v) is 12.1. The Morgan fingerprint density at radius 1 is 1.28 bits per heavy atom. The molecule has 1 fully saturated rings. The van der Waals surface area contributed by atoms with Gasteiger partial charge < -0.3 is 5.32 Å². The average molecular weight is 245 g/mol. The highest BCUT2D eigenvalue weighted by Crippen LogP contribution is 2.48. The second kappa shape index (κ2) is 5.88. The molecule has 1 heteroatoms. The molecule has 2 atom stereocenters. The molecule has 0 spiro atoms. The third kappa shape index (κ3) is 2.95. The molecule has 1 nitrogen and oxygen atoms in total. The Bertz CT molecular complexity index is 355. The second-order valence-corrected chi connectivity index (χ2v) is 6.33. The molecule has 0 bridgehead atoms. The van der Waals surface area contributed by atoms with Gasteiger partial charge in [-0.15, -0.1) is 0 Å². The molecule has 0 heterocycles. The lowest BCUT2D eigenvalue weighted by Gasteiger charge is -2.35. The fourth-order valence-corrected chi connectivity index (χ4v) is 3.42. The summed E-state index contributed by atoms with van der Waals surface area (Å²) < 4.78 is 0. The lowest BCUT2D eigenvalue weighted by molar-refractivity contribution is 0.198. The van der Waals surface area contributed by atoms with E-state index in [1.165, 1.54) is 31.2 Å². The predicted molar refractivity (Wildman–Crippen MR) is 78.6 cm³/mol. The van der Waals surface area contributed by atoms with E-state index in [4.69, 9.17) is 0 Å². The summed E-state index contributed by atoms with van der Waals surface area (Å²) in [7, 11) is 0. The number of hydrogen-bond donors (Lipinski definition) is 1. The van der Waals surface area contributed by atoms with Gasteiger partial charge in [-0.2, -0.15) is 0 Å². The van der Waals surface area contributed by atoms with Crippen LogP contribution in [0, 0.1) is 11.3 Å². The fourth-order valence-electron chi connectivity index (χ4n) is 3.42. The Morgan fingerprint density at radius 2 is 2.00 bits per heavy atom. The van der Waals surface area contributed by atoms with Gasteiger partial charge in [-0.1, -0.05) is 57.5 Å². The van der Waals surface area contributed by atoms with Gasteiger partial charge in [0.15, 0.2) is 0 Å². The van der Waals surface area contributed by atoms with E-state index in [-0.39, 0.29) is 0 Å². The Kier molecular flexibility index (Phi) is 4.45. The zero-order valence-electron chi connectivity index (χ0n) is 12.1. The van der Waals surface area contributed by atoms with E-state index in [9.17, 15) is 0 Å². The quantitative estimate of drug-likeness (QED) is 0.802. The van der Waals surface area contributed by atoms with Gasteiger partial charge in [-0.3, -0.25) is 0 Å². The minimum Gasteiger partial charge on any atom is -0.310 e. The van der Waals surface area contributed by atoms with Crippen LogP contribution in [0.25, 0.3) is 0 Å². The van der Waals surface area contributed by atoms with E-state index >= 15 is 0 Å². The standard InChI is InChI=1S/C17H27N/c1-4-13-18-16(14-9-6-5-7-10-14)15-11-8-12-17(15,2)3/h5-7,9-10,15-16,18H,4,8,11-13H2,1-3H3. The molecule has 0 aliphatic heterocycles. The summed E-state index contributed by atoms with van der Waals surface area (Å²) in [6, 6.07) is 11.5. The molecule has 1 aromatic carbocycles. The van der Waals surface area contributed by atoms with Gasteiger partial charge in [0.05, 0.1) is 0 Å². The lowest BCUT2D eigenvalue weighted by Crippen LogP contribution is -2.34. The van der Waals surface area contributed by atoms with Gasteiger partial charge in [0.1, 0.15) is 0 Å². The van der Waals surface area contributed by atoms with Crippen molar-refractivity contribution in [2.24, 2.45) is 11.3 Å². The molecule has 1 aromatic rings. The molecule has 0 amide bonds. The van der Waals surface area contributed by atoms with Crippen molar-refractivity contribution in [3.8, 4) is 0 Å². The van der Waals surface area contributed by atoms with Crippen molar-refractivity contribution in [3.63, 3.8) is 0 Å². The third-order valence-corrected chi connectivity index (χ3v) is 4.52. The van der Waals surface area contributed by atoms with Gasteiger partial charge in [-0.25, -0.2) is 0 Å². The molecular weight excluding hydrogens is 218 g/mol. The van der Waals surface area contributed by atoms with Crippen LogP contribution in [-0.2, 0) is 0 Å². The minimum atomic E-state index is 0.473. The maximum absolute atomic E-state index is 3.78. The van der Waals surface area contributed by atoms with E-state index in [1.54, 1.807) is 0 Å². The summed E-state index contributed by atoms with van der Waals surface area (Å²) in [6.45, 7) is 8.24. The number of benzene rings is 1. The molecule has 2 unspecified atom stereocenters. The normalized spacial score (nSPS) is 24.1. The van der Waals surface area contributed by atoms with Gasteiger partial charge in [0.2, 0.25) is 0 Å². The van der Waals surface area contributed by atoms with Crippen LogP contribution in [0.3, 0.4) is 0 Å². The van der Waals surface area contributed by atoms with E-state index in [0.717, 1.165) is 12.5 Å². The molecule has 0 radical (unpaired) electrons. The van der Waals surface area contributed by atoms with Crippen molar-refractivity contribution in [2.75, 3.05) is 6.54 Å². The highest BCUT2D eigenvalue weighted by atomic mass is 14.9. The van der Waals surface area contributed by atoms with Crippen LogP contribution in [-0.4, -0.2) is 6.54 Å². The van der Waals surface area contributed by atoms with E-state index < -0.39 is 0 Å². The Hall–Kier alpha value is -0.820. The monoisotopic (exact) mass is 245 g/mol. The number of rotatable bonds is 5. The minimum absolute atomic E-state index is 0.473. The van der Waals surface area contributed by atoms with Crippen LogP contribution in [0.15, 0.2) is 30.3 Å². The maximum Gasteiger partial charge on any atom is 0.0353 e. The fraction of sp³-hybridized carbons (Fsp3) is 0.647. The maximum atomic E-state index is 3.78. The van der Waals surface area contributed by atoms with Crippen molar-refractivity contribution in [1.29, 1.82) is 0 Å². The average Bonchev–Trinajstić information content (AvgIpc) is 2.71. The topological polar surface area (TPSA) is 12.0 Å². The molecule has 0 saturated heterocycles. The molecule has 1 saturated carbocycles. The first-order valence-electron chi connectivity index (χ1n) is 7.43. The molecule has 1 aliphatic carbocycles. The molecule has 0 aromatic heterocycles. The molecule has 2 rings (SSSR count). The Morgan fingerprint density at radius 3 is 2.56 bits per heavy atom.